The van der Waals surface area contributed by atoms with Crippen molar-refractivity contribution in [3.05, 3.63) is 78.1 Å². The van der Waals surface area contributed by atoms with E-state index in [1.54, 1.807) is 30.7 Å². The van der Waals surface area contributed by atoms with Crippen molar-refractivity contribution in [2.45, 2.75) is 25.2 Å². The fourth-order valence-electron chi connectivity index (χ4n) is 3.61. The molecule has 5 nitrogen and oxygen atoms in total. The number of aromatic nitrogens is 3. The first kappa shape index (κ1) is 18.2. The van der Waals surface area contributed by atoms with E-state index in [2.05, 4.69) is 9.97 Å². The summed E-state index contributed by atoms with van der Waals surface area (Å²) in [7, 11) is 0. The Morgan fingerprint density at radius 2 is 2.11 bits per heavy atom. The van der Waals surface area contributed by atoms with Crippen LogP contribution in [0.3, 0.4) is 0 Å². The second-order valence-electron chi connectivity index (χ2n) is 7.03. The maximum absolute atomic E-state index is 13.4. The Balaban J connectivity index is 1.47. The monoisotopic (exact) mass is 376 g/mol. The van der Waals surface area contributed by atoms with Gasteiger partial charge < -0.3 is 4.90 Å². The predicted octanol–water partition coefficient (Wildman–Crippen LogP) is 3.63. The first-order valence-corrected chi connectivity index (χ1v) is 9.44. The molecule has 2 aromatic heterocycles. The fourth-order valence-corrected chi connectivity index (χ4v) is 3.61. The van der Waals surface area contributed by atoms with Crippen molar-refractivity contribution in [1.29, 1.82) is 0 Å². The topological polar surface area (TPSA) is 59.0 Å². The highest BCUT2D eigenvalue weighted by Gasteiger charge is 2.26. The molecule has 0 aliphatic carbocycles. The number of benzene rings is 1. The highest BCUT2D eigenvalue weighted by molar-refractivity contribution is 5.79. The Hall–Kier alpha value is -3.15. The van der Waals surface area contributed by atoms with Crippen LogP contribution in [0.4, 0.5) is 4.39 Å². The van der Waals surface area contributed by atoms with Crippen molar-refractivity contribution in [2.24, 2.45) is 0 Å². The van der Waals surface area contributed by atoms with Crippen LogP contribution in [-0.4, -0.2) is 38.8 Å². The number of nitrogens with zero attached hydrogens (tertiary/aromatic N) is 4. The molecule has 1 aliphatic rings. The van der Waals surface area contributed by atoms with Gasteiger partial charge >= 0.3 is 0 Å². The van der Waals surface area contributed by atoms with Gasteiger partial charge in [-0.25, -0.2) is 14.4 Å². The summed E-state index contributed by atoms with van der Waals surface area (Å²) < 4.78 is 13.4. The molecule has 3 heterocycles. The van der Waals surface area contributed by atoms with E-state index in [0.29, 0.717) is 17.9 Å². The lowest BCUT2D eigenvalue weighted by Crippen LogP contribution is -2.40. The van der Waals surface area contributed by atoms with Crippen molar-refractivity contribution >= 4 is 5.91 Å². The van der Waals surface area contributed by atoms with Crippen LogP contribution in [0.25, 0.3) is 11.4 Å². The minimum Gasteiger partial charge on any atom is -0.342 e. The van der Waals surface area contributed by atoms with E-state index >= 15 is 0 Å². The van der Waals surface area contributed by atoms with Gasteiger partial charge in [0, 0.05) is 48.9 Å². The van der Waals surface area contributed by atoms with Crippen molar-refractivity contribution in [3.8, 4) is 11.4 Å². The Kier molecular flexibility index (Phi) is 5.37. The minimum absolute atomic E-state index is 0.0249. The molecule has 1 aliphatic heterocycles. The summed E-state index contributed by atoms with van der Waals surface area (Å²) in [5, 5.41) is 0. The highest BCUT2D eigenvalue weighted by atomic mass is 19.1. The van der Waals surface area contributed by atoms with Gasteiger partial charge in [0.2, 0.25) is 5.91 Å². The molecule has 0 unspecified atom stereocenters. The molecule has 0 radical (unpaired) electrons. The molecule has 1 saturated heterocycles. The van der Waals surface area contributed by atoms with Crippen LogP contribution < -0.4 is 0 Å². The zero-order chi connectivity index (χ0) is 19.3. The molecule has 0 N–H and O–H groups in total. The molecular weight excluding hydrogens is 355 g/mol. The normalized spacial score (nSPS) is 16.8. The molecule has 1 fully saturated rings. The zero-order valence-electron chi connectivity index (χ0n) is 15.5. The molecule has 142 valence electrons. The Morgan fingerprint density at radius 1 is 1.18 bits per heavy atom. The lowest BCUT2D eigenvalue weighted by Gasteiger charge is -2.32. The number of hydrogen-bond donors (Lipinski definition) is 0. The van der Waals surface area contributed by atoms with E-state index < -0.39 is 0 Å². The predicted molar refractivity (Wildman–Crippen MR) is 104 cm³/mol. The molecule has 0 bridgehead atoms. The number of halogens is 1. The summed E-state index contributed by atoms with van der Waals surface area (Å²) in [6.07, 6.45) is 7.35. The lowest BCUT2D eigenvalue weighted by molar-refractivity contribution is -0.131. The van der Waals surface area contributed by atoms with Crippen molar-refractivity contribution < 1.29 is 9.18 Å². The molecular formula is C22H21FN4O. The van der Waals surface area contributed by atoms with Gasteiger partial charge in [0.05, 0.1) is 6.42 Å². The molecule has 1 amide bonds. The van der Waals surface area contributed by atoms with Gasteiger partial charge in [0.15, 0.2) is 5.82 Å². The van der Waals surface area contributed by atoms with E-state index in [4.69, 9.17) is 4.98 Å². The first-order chi connectivity index (χ1) is 13.7. The minimum atomic E-state index is -0.314. The van der Waals surface area contributed by atoms with Crippen LogP contribution in [0.2, 0.25) is 0 Å². The molecule has 0 saturated carbocycles. The van der Waals surface area contributed by atoms with Gasteiger partial charge in [-0.1, -0.05) is 12.1 Å². The Bertz CT molecular complexity index is 964. The van der Waals surface area contributed by atoms with Crippen LogP contribution in [0, 0.1) is 5.82 Å². The first-order valence-electron chi connectivity index (χ1n) is 9.44. The van der Waals surface area contributed by atoms with Gasteiger partial charge in [0.25, 0.3) is 0 Å². The van der Waals surface area contributed by atoms with Crippen LogP contribution in [0.5, 0.6) is 0 Å². The smallest absolute Gasteiger partial charge is 0.227 e. The number of rotatable bonds is 4. The number of likely N-dealkylation sites (tertiary alicyclic amines) is 1. The molecule has 28 heavy (non-hydrogen) atoms. The molecule has 6 heteroatoms. The van der Waals surface area contributed by atoms with Crippen LogP contribution >= 0.6 is 0 Å². The van der Waals surface area contributed by atoms with E-state index in [1.807, 2.05) is 23.1 Å². The number of hydrogen-bond acceptors (Lipinski definition) is 4. The quantitative estimate of drug-likeness (QED) is 0.698. The third-order valence-electron chi connectivity index (χ3n) is 5.03. The SMILES string of the molecule is O=C(Cc1cccc(F)c1)N1CCC[C@@H](c2ccnc(-c3cccnc3)n2)C1. The van der Waals surface area contributed by atoms with E-state index in [0.717, 1.165) is 30.6 Å². The standard InChI is InChI=1S/C22H21FN4O/c23-19-7-1-4-16(12-19)13-21(28)27-11-3-6-18(15-27)20-8-10-25-22(26-20)17-5-2-9-24-14-17/h1-2,4-5,7-10,12,14,18H,3,6,11,13,15H2/t18-/m1/s1. The summed E-state index contributed by atoms with van der Waals surface area (Å²) in [4.78, 5) is 27.8. The van der Waals surface area contributed by atoms with Gasteiger partial charge in [-0.3, -0.25) is 9.78 Å². The van der Waals surface area contributed by atoms with Crippen molar-refractivity contribution in [2.75, 3.05) is 13.1 Å². The second kappa shape index (κ2) is 8.25. The third kappa shape index (κ3) is 4.22. The van der Waals surface area contributed by atoms with Crippen LogP contribution in [0.1, 0.15) is 30.0 Å². The van der Waals surface area contributed by atoms with Gasteiger partial charge in [0.1, 0.15) is 5.82 Å². The molecule has 0 spiro atoms. The maximum Gasteiger partial charge on any atom is 0.227 e. The number of amides is 1. The summed E-state index contributed by atoms with van der Waals surface area (Å²) in [6.45, 7) is 1.35. The number of carbonyl (C=O) groups excluding carboxylic acids is 1. The summed E-state index contributed by atoms with van der Waals surface area (Å²) in [5.41, 5.74) is 2.52. The molecule has 3 aromatic rings. The highest BCUT2D eigenvalue weighted by Crippen LogP contribution is 2.27. The molecule has 4 rings (SSSR count). The Morgan fingerprint density at radius 3 is 2.93 bits per heavy atom. The van der Waals surface area contributed by atoms with Crippen molar-refractivity contribution in [3.63, 3.8) is 0 Å². The summed E-state index contributed by atoms with van der Waals surface area (Å²) in [6, 6.07) is 11.9. The lowest BCUT2D eigenvalue weighted by atomic mass is 9.94. The molecule has 1 aromatic carbocycles. The van der Waals surface area contributed by atoms with E-state index in [9.17, 15) is 9.18 Å². The average Bonchev–Trinajstić information content (AvgIpc) is 2.74. The van der Waals surface area contributed by atoms with Crippen molar-refractivity contribution in [1.82, 2.24) is 19.9 Å². The third-order valence-corrected chi connectivity index (χ3v) is 5.03. The van der Waals surface area contributed by atoms with Gasteiger partial charge in [-0.05, 0) is 48.7 Å². The second-order valence-corrected chi connectivity index (χ2v) is 7.03. The summed E-state index contributed by atoms with van der Waals surface area (Å²) >= 11 is 0. The number of pyridine rings is 1. The van der Waals surface area contributed by atoms with Gasteiger partial charge in [-0.2, -0.15) is 0 Å². The van der Waals surface area contributed by atoms with E-state index in [-0.39, 0.29) is 24.1 Å². The Labute approximate surface area is 163 Å². The molecule has 1 atom stereocenters. The maximum atomic E-state index is 13.4. The zero-order valence-corrected chi connectivity index (χ0v) is 15.5. The van der Waals surface area contributed by atoms with Crippen LogP contribution in [-0.2, 0) is 11.2 Å². The average molecular weight is 376 g/mol. The van der Waals surface area contributed by atoms with Gasteiger partial charge in [-0.15, -0.1) is 0 Å². The summed E-state index contributed by atoms with van der Waals surface area (Å²) in [5.74, 6) is 0.528. The number of piperidine rings is 1. The largest absolute Gasteiger partial charge is 0.342 e. The number of carbonyl (C=O) groups is 1. The van der Waals surface area contributed by atoms with Crippen LogP contribution in [0.15, 0.2) is 61.1 Å². The van der Waals surface area contributed by atoms with E-state index in [1.165, 1.54) is 12.1 Å². The fraction of sp³-hybridized carbons (Fsp3) is 0.273.